The van der Waals surface area contributed by atoms with E-state index in [-0.39, 0.29) is 17.9 Å². The number of nitrogens with zero attached hydrogens (tertiary/aromatic N) is 1. The molecule has 2 aromatic rings. The third-order valence-corrected chi connectivity index (χ3v) is 5.37. The van der Waals surface area contributed by atoms with Crippen molar-refractivity contribution in [1.29, 1.82) is 0 Å². The first-order chi connectivity index (χ1) is 14.5. The van der Waals surface area contributed by atoms with E-state index in [1.807, 2.05) is 30.3 Å². The first kappa shape index (κ1) is 21.6. The number of carbonyl (C=O) groups excluding carboxylic acids is 2. The number of hydrogen-bond donors (Lipinski definition) is 1. The third kappa shape index (κ3) is 5.10. The van der Waals surface area contributed by atoms with Gasteiger partial charge >= 0.3 is 5.97 Å². The SMILES string of the molecule is COC(=O)c1ccc(CNC(=O)CN2CCC[C@@H]2c2ccc(OC)cc2OC)cc1. The average molecular weight is 412 g/mol. The van der Waals surface area contributed by atoms with E-state index in [4.69, 9.17) is 14.2 Å². The Hall–Kier alpha value is -3.06. The Balaban J connectivity index is 1.59. The molecule has 1 aliphatic rings. The van der Waals surface area contributed by atoms with Crippen molar-refractivity contribution in [2.75, 3.05) is 34.4 Å². The van der Waals surface area contributed by atoms with E-state index in [0.29, 0.717) is 18.7 Å². The second-order valence-electron chi connectivity index (χ2n) is 7.20. The Morgan fingerprint density at radius 3 is 2.50 bits per heavy atom. The summed E-state index contributed by atoms with van der Waals surface area (Å²) in [4.78, 5) is 26.2. The quantitative estimate of drug-likeness (QED) is 0.672. The van der Waals surface area contributed by atoms with E-state index < -0.39 is 0 Å². The number of carbonyl (C=O) groups is 2. The van der Waals surface area contributed by atoms with Gasteiger partial charge in [-0.25, -0.2) is 4.79 Å². The van der Waals surface area contributed by atoms with Gasteiger partial charge in [0.1, 0.15) is 11.5 Å². The Morgan fingerprint density at radius 2 is 1.83 bits per heavy atom. The van der Waals surface area contributed by atoms with Gasteiger partial charge in [-0.3, -0.25) is 9.69 Å². The maximum absolute atomic E-state index is 12.5. The predicted octanol–water partition coefficient (Wildman–Crippen LogP) is 2.94. The minimum atomic E-state index is -0.375. The van der Waals surface area contributed by atoms with Gasteiger partial charge in [0, 0.05) is 24.2 Å². The molecule has 0 bridgehead atoms. The van der Waals surface area contributed by atoms with Crippen molar-refractivity contribution in [2.45, 2.75) is 25.4 Å². The lowest BCUT2D eigenvalue weighted by atomic mass is 10.0. The van der Waals surface area contributed by atoms with Gasteiger partial charge in [0.05, 0.1) is 33.4 Å². The summed E-state index contributed by atoms with van der Waals surface area (Å²) < 4.78 is 15.5. The molecular formula is C23H28N2O5. The number of likely N-dealkylation sites (tertiary alicyclic amines) is 1. The highest BCUT2D eigenvalue weighted by Crippen LogP contribution is 2.38. The van der Waals surface area contributed by atoms with Crippen LogP contribution in [0.15, 0.2) is 42.5 Å². The molecule has 1 N–H and O–H groups in total. The molecule has 7 heteroatoms. The molecular weight excluding hydrogens is 384 g/mol. The standard InChI is InChI=1S/C23H28N2O5/c1-28-18-10-11-19(21(13-18)29-2)20-5-4-12-25(20)15-22(26)24-14-16-6-8-17(9-7-16)23(27)30-3/h6-11,13,20H,4-5,12,14-15H2,1-3H3,(H,24,26)/t20-/m1/s1. The zero-order valence-corrected chi connectivity index (χ0v) is 17.6. The van der Waals surface area contributed by atoms with Crippen LogP contribution in [-0.2, 0) is 16.1 Å². The van der Waals surface area contributed by atoms with Crippen LogP contribution >= 0.6 is 0 Å². The zero-order chi connectivity index (χ0) is 21.5. The molecule has 0 unspecified atom stereocenters. The molecule has 3 rings (SSSR count). The Labute approximate surface area is 176 Å². The molecule has 30 heavy (non-hydrogen) atoms. The highest BCUT2D eigenvalue weighted by Gasteiger charge is 2.29. The number of amides is 1. The number of hydrogen-bond acceptors (Lipinski definition) is 6. The Kier molecular flexibility index (Phi) is 7.30. The zero-order valence-electron chi connectivity index (χ0n) is 17.6. The topological polar surface area (TPSA) is 77.1 Å². The highest BCUT2D eigenvalue weighted by atomic mass is 16.5. The molecule has 1 aliphatic heterocycles. The summed E-state index contributed by atoms with van der Waals surface area (Å²) >= 11 is 0. The molecule has 160 valence electrons. The lowest BCUT2D eigenvalue weighted by molar-refractivity contribution is -0.122. The Bertz CT molecular complexity index is 882. The molecule has 2 aromatic carbocycles. The number of esters is 1. The first-order valence-corrected chi connectivity index (χ1v) is 9.95. The van der Waals surface area contributed by atoms with Gasteiger partial charge in [-0.1, -0.05) is 18.2 Å². The van der Waals surface area contributed by atoms with E-state index in [0.717, 1.165) is 42.0 Å². The second kappa shape index (κ2) is 10.1. The highest BCUT2D eigenvalue weighted by molar-refractivity contribution is 5.89. The fourth-order valence-corrected chi connectivity index (χ4v) is 3.78. The molecule has 7 nitrogen and oxygen atoms in total. The van der Waals surface area contributed by atoms with Crippen LogP contribution in [0.4, 0.5) is 0 Å². The molecule has 1 heterocycles. The Morgan fingerprint density at radius 1 is 1.07 bits per heavy atom. The first-order valence-electron chi connectivity index (χ1n) is 9.95. The van der Waals surface area contributed by atoms with Crippen molar-refractivity contribution in [3.8, 4) is 11.5 Å². The minimum absolute atomic E-state index is 0.0357. The van der Waals surface area contributed by atoms with Crippen LogP contribution in [0.3, 0.4) is 0 Å². The number of methoxy groups -OCH3 is 3. The van der Waals surface area contributed by atoms with E-state index >= 15 is 0 Å². The lowest BCUT2D eigenvalue weighted by Gasteiger charge is -2.26. The van der Waals surface area contributed by atoms with Crippen LogP contribution in [0, 0.1) is 0 Å². The fourth-order valence-electron chi connectivity index (χ4n) is 3.78. The summed E-state index contributed by atoms with van der Waals surface area (Å²) in [5.74, 6) is 1.11. The van der Waals surface area contributed by atoms with Crippen molar-refractivity contribution in [2.24, 2.45) is 0 Å². The van der Waals surface area contributed by atoms with Gasteiger partial charge in [-0.2, -0.15) is 0 Å². The van der Waals surface area contributed by atoms with Gasteiger partial charge in [-0.15, -0.1) is 0 Å². The maximum Gasteiger partial charge on any atom is 0.337 e. The van der Waals surface area contributed by atoms with E-state index in [2.05, 4.69) is 10.2 Å². The van der Waals surface area contributed by atoms with Crippen LogP contribution in [0.1, 0.15) is 40.4 Å². The van der Waals surface area contributed by atoms with Crippen LogP contribution in [0.5, 0.6) is 11.5 Å². The van der Waals surface area contributed by atoms with E-state index in [1.54, 1.807) is 26.4 Å². The molecule has 1 saturated heterocycles. The number of ether oxygens (including phenoxy) is 3. The van der Waals surface area contributed by atoms with Gasteiger partial charge in [-0.05, 0) is 43.1 Å². The van der Waals surface area contributed by atoms with Crippen molar-refractivity contribution in [3.63, 3.8) is 0 Å². The largest absolute Gasteiger partial charge is 0.497 e. The van der Waals surface area contributed by atoms with Crippen LogP contribution in [0.25, 0.3) is 0 Å². The summed E-state index contributed by atoms with van der Waals surface area (Å²) in [6, 6.07) is 13.0. The molecule has 1 fully saturated rings. The monoisotopic (exact) mass is 412 g/mol. The van der Waals surface area contributed by atoms with Crippen LogP contribution in [0.2, 0.25) is 0 Å². The molecule has 1 atom stereocenters. The molecule has 0 saturated carbocycles. The van der Waals surface area contributed by atoms with Gasteiger partial charge in [0.2, 0.25) is 5.91 Å². The number of benzene rings is 2. The second-order valence-corrected chi connectivity index (χ2v) is 7.20. The van der Waals surface area contributed by atoms with Crippen LogP contribution in [-0.4, -0.2) is 51.2 Å². The molecule has 0 radical (unpaired) electrons. The molecule has 0 aromatic heterocycles. The normalized spacial score (nSPS) is 16.2. The lowest BCUT2D eigenvalue weighted by Crippen LogP contribution is -2.36. The number of nitrogens with one attached hydrogen (secondary N) is 1. The van der Waals surface area contributed by atoms with Crippen molar-refractivity contribution >= 4 is 11.9 Å². The summed E-state index contributed by atoms with van der Waals surface area (Å²) in [6.07, 6.45) is 2.01. The third-order valence-electron chi connectivity index (χ3n) is 5.37. The van der Waals surface area contributed by atoms with Crippen molar-refractivity contribution in [1.82, 2.24) is 10.2 Å². The smallest absolute Gasteiger partial charge is 0.337 e. The van der Waals surface area contributed by atoms with Gasteiger partial charge < -0.3 is 19.5 Å². The summed E-state index contributed by atoms with van der Waals surface area (Å²) in [5.41, 5.74) is 2.48. The molecule has 0 spiro atoms. The van der Waals surface area contributed by atoms with Gasteiger partial charge in [0.25, 0.3) is 0 Å². The van der Waals surface area contributed by atoms with Crippen LogP contribution < -0.4 is 14.8 Å². The fraction of sp³-hybridized carbons (Fsp3) is 0.391. The van der Waals surface area contributed by atoms with Crippen molar-refractivity contribution in [3.05, 3.63) is 59.2 Å². The van der Waals surface area contributed by atoms with E-state index in [1.165, 1.54) is 7.11 Å². The average Bonchev–Trinajstić information content (AvgIpc) is 3.24. The number of rotatable bonds is 8. The molecule has 0 aliphatic carbocycles. The minimum Gasteiger partial charge on any atom is -0.497 e. The van der Waals surface area contributed by atoms with Gasteiger partial charge in [0.15, 0.2) is 0 Å². The maximum atomic E-state index is 12.5. The van der Waals surface area contributed by atoms with Crippen molar-refractivity contribution < 1.29 is 23.8 Å². The predicted molar refractivity (Wildman–Crippen MR) is 113 cm³/mol. The summed E-state index contributed by atoms with van der Waals surface area (Å²) in [6.45, 7) is 1.59. The van der Waals surface area contributed by atoms with E-state index in [9.17, 15) is 9.59 Å². The summed E-state index contributed by atoms with van der Waals surface area (Å²) in [5, 5.41) is 2.96. The summed E-state index contributed by atoms with van der Waals surface area (Å²) in [7, 11) is 4.63. The molecule has 1 amide bonds.